The molecule has 26 heavy (non-hydrogen) atoms. The highest BCUT2D eigenvalue weighted by Gasteiger charge is 2.16. The fourth-order valence-corrected chi connectivity index (χ4v) is 3.57. The van der Waals surface area contributed by atoms with Crippen LogP contribution in [-0.2, 0) is 19.3 Å². The van der Waals surface area contributed by atoms with Gasteiger partial charge in [-0.3, -0.25) is 0 Å². The smallest absolute Gasteiger partial charge is 0.315 e. The molecule has 3 nitrogen and oxygen atoms in total. The van der Waals surface area contributed by atoms with Gasteiger partial charge in [-0.15, -0.1) is 0 Å². The lowest BCUT2D eigenvalue weighted by Gasteiger charge is -2.22. The van der Waals surface area contributed by atoms with Gasteiger partial charge in [-0.2, -0.15) is 0 Å². The Bertz CT molecular complexity index is 742. The maximum absolute atomic E-state index is 12.9. The number of fused-ring (bicyclic) bond motifs is 1. The van der Waals surface area contributed by atoms with Crippen LogP contribution in [0.4, 0.5) is 9.18 Å². The third-order valence-corrected chi connectivity index (χ3v) is 5.10. The van der Waals surface area contributed by atoms with Crippen LogP contribution in [-0.4, -0.2) is 12.6 Å². The van der Waals surface area contributed by atoms with Crippen molar-refractivity contribution in [3.8, 4) is 0 Å². The van der Waals surface area contributed by atoms with Crippen LogP contribution in [0.15, 0.2) is 42.5 Å². The Morgan fingerprint density at radius 1 is 1.08 bits per heavy atom. The summed E-state index contributed by atoms with van der Waals surface area (Å²) in [6.07, 6.45) is 6.38. The van der Waals surface area contributed by atoms with E-state index >= 15 is 0 Å². The van der Waals surface area contributed by atoms with Crippen LogP contribution < -0.4 is 10.6 Å². The number of carbonyl (C=O) groups is 1. The fraction of sp³-hybridized carbons (Fsp3) is 0.409. The van der Waals surface area contributed by atoms with E-state index in [1.165, 1.54) is 48.1 Å². The minimum atomic E-state index is -0.240. The van der Waals surface area contributed by atoms with Crippen molar-refractivity contribution < 1.29 is 9.18 Å². The Morgan fingerprint density at radius 2 is 1.81 bits per heavy atom. The Balaban J connectivity index is 1.52. The number of aryl methyl sites for hydroxylation is 2. The van der Waals surface area contributed by atoms with Crippen LogP contribution in [0, 0.1) is 5.82 Å². The van der Waals surface area contributed by atoms with Crippen molar-refractivity contribution in [3.63, 3.8) is 0 Å². The molecule has 0 saturated heterocycles. The molecule has 0 heterocycles. The maximum atomic E-state index is 12.9. The second-order valence-corrected chi connectivity index (χ2v) is 6.97. The van der Waals surface area contributed by atoms with Gasteiger partial charge >= 0.3 is 6.03 Å². The minimum Gasteiger partial charge on any atom is -0.338 e. The molecule has 0 radical (unpaired) electrons. The van der Waals surface area contributed by atoms with Crippen molar-refractivity contribution in [2.45, 2.75) is 51.5 Å². The van der Waals surface area contributed by atoms with E-state index in [4.69, 9.17) is 0 Å². The number of rotatable bonds is 6. The van der Waals surface area contributed by atoms with Gasteiger partial charge in [0.05, 0.1) is 6.04 Å². The van der Waals surface area contributed by atoms with Crippen LogP contribution in [0.5, 0.6) is 0 Å². The number of amides is 2. The standard InChI is InChI=1S/C22H27FN2O/c1-2-21(19-10-9-17-5-3-4-6-18(17)15-19)25-22(26)24-14-13-16-7-11-20(23)12-8-16/h7-12,15,21H,2-6,13-14H2,1H3,(H2,24,25,26). The monoisotopic (exact) mass is 354 g/mol. The largest absolute Gasteiger partial charge is 0.338 e. The SMILES string of the molecule is CCC(NC(=O)NCCc1ccc(F)cc1)c1ccc2c(c1)CCCC2. The van der Waals surface area contributed by atoms with Crippen LogP contribution in [0.2, 0.25) is 0 Å². The molecule has 3 rings (SSSR count). The zero-order chi connectivity index (χ0) is 18.4. The van der Waals surface area contributed by atoms with Gasteiger partial charge < -0.3 is 10.6 Å². The second kappa shape index (κ2) is 8.84. The van der Waals surface area contributed by atoms with Gasteiger partial charge in [0, 0.05) is 6.54 Å². The summed E-state index contributed by atoms with van der Waals surface area (Å²) in [5, 5.41) is 5.97. The number of urea groups is 1. The van der Waals surface area contributed by atoms with E-state index < -0.39 is 0 Å². The molecule has 0 bridgehead atoms. The highest BCUT2D eigenvalue weighted by atomic mass is 19.1. The van der Waals surface area contributed by atoms with E-state index in [-0.39, 0.29) is 17.9 Å². The molecule has 2 aromatic carbocycles. The first-order chi connectivity index (χ1) is 12.7. The van der Waals surface area contributed by atoms with Crippen molar-refractivity contribution in [2.24, 2.45) is 0 Å². The molecular weight excluding hydrogens is 327 g/mol. The molecule has 0 spiro atoms. The van der Waals surface area contributed by atoms with Crippen LogP contribution in [0.1, 0.15) is 54.5 Å². The molecule has 0 aliphatic heterocycles. The van der Waals surface area contributed by atoms with Gasteiger partial charge in [0.15, 0.2) is 0 Å². The average molecular weight is 354 g/mol. The van der Waals surface area contributed by atoms with Crippen molar-refractivity contribution >= 4 is 6.03 Å². The molecular formula is C22H27FN2O. The average Bonchev–Trinajstić information content (AvgIpc) is 2.67. The first-order valence-corrected chi connectivity index (χ1v) is 9.56. The molecule has 1 unspecified atom stereocenters. The molecule has 2 N–H and O–H groups in total. The van der Waals surface area contributed by atoms with Gasteiger partial charge in [-0.05, 0) is 72.9 Å². The summed E-state index contributed by atoms with van der Waals surface area (Å²) in [5.74, 6) is -0.240. The number of hydrogen-bond acceptors (Lipinski definition) is 1. The third-order valence-electron chi connectivity index (χ3n) is 5.10. The number of carbonyl (C=O) groups excluding carboxylic acids is 1. The lowest BCUT2D eigenvalue weighted by molar-refractivity contribution is 0.237. The zero-order valence-electron chi connectivity index (χ0n) is 15.4. The first-order valence-electron chi connectivity index (χ1n) is 9.56. The molecule has 2 aromatic rings. The lowest BCUT2D eigenvalue weighted by atomic mass is 9.89. The third kappa shape index (κ3) is 4.84. The van der Waals surface area contributed by atoms with E-state index in [0.717, 1.165) is 18.4 Å². The lowest BCUT2D eigenvalue weighted by Crippen LogP contribution is -2.38. The van der Waals surface area contributed by atoms with Crippen molar-refractivity contribution in [2.75, 3.05) is 6.54 Å². The Morgan fingerprint density at radius 3 is 2.54 bits per heavy atom. The molecule has 1 aliphatic carbocycles. The topological polar surface area (TPSA) is 41.1 Å². The minimum absolute atomic E-state index is 0.0213. The molecule has 138 valence electrons. The van der Waals surface area contributed by atoms with Gasteiger partial charge in [0.2, 0.25) is 0 Å². The Hall–Kier alpha value is -2.36. The second-order valence-electron chi connectivity index (χ2n) is 6.97. The van der Waals surface area contributed by atoms with Crippen molar-refractivity contribution in [3.05, 3.63) is 70.5 Å². The summed E-state index contributed by atoms with van der Waals surface area (Å²) in [4.78, 5) is 12.2. The Kier molecular flexibility index (Phi) is 6.26. The van der Waals surface area contributed by atoms with Crippen LogP contribution in [0.25, 0.3) is 0 Å². The fourth-order valence-electron chi connectivity index (χ4n) is 3.57. The first kappa shape index (κ1) is 18.4. The molecule has 0 aromatic heterocycles. The van der Waals surface area contributed by atoms with E-state index in [0.29, 0.717) is 13.0 Å². The van der Waals surface area contributed by atoms with Gasteiger partial charge in [0.1, 0.15) is 5.82 Å². The summed E-state index contributed by atoms with van der Waals surface area (Å²) in [6.45, 7) is 2.61. The quantitative estimate of drug-likeness (QED) is 0.776. The van der Waals surface area contributed by atoms with E-state index in [2.05, 4.69) is 35.8 Å². The molecule has 2 amide bonds. The zero-order valence-corrected chi connectivity index (χ0v) is 15.4. The summed E-state index contributed by atoms with van der Waals surface area (Å²) in [5.41, 5.74) is 5.08. The number of halogens is 1. The van der Waals surface area contributed by atoms with Gasteiger partial charge in [-0.25, -0.2) is 9.18 Å². The number of nitrogens with one attached hydrogen (secondary N) is 2. The summed E-state index contributed by atoms with van der Waals surface area (Å²) in [6, 6.07) is 12.9. The van der Waals surface area contributed by atoms with E-state index in [9.17, 15) is 9.18 Å². The molecule has 4 heteroatoms. The van der Waals surface area contributed by atoms with Gasteiger partial charge in [0.25, 0.3) is 0 Å². The molecule has 0 fully saturated rings. The normalized spacial score (nSPS) is 14.4. The van der Waals surface area contributed by atoms with E-state index in [1.54, 1.807) is 12.1 Å². The maximum Gasteiger partial charge on any atom is 0.315 e. The highest BCUT2D eigenvalue weighted by molar-refractivity contribution is 5.74. The molecule has 1 atom stereocenters. The van der Waals surface area contributed by atoms with Crippen LogP contribution >= 0.6 is 0 Å². The van der Waals surface area contributed by atoms with Crippen molar-refractivity contribution in [1.29, 1.82) is 0 Å². The number of benzene rings is 2. The van der Waals surface area contributed by atoms with E-state index in [1.807, 2.05) is 0 Å². The predicted octanol–water partition coefficient (Wildman–Crippen LogP) is 4.70. The Labute approximate surface area is 155 Å². The van der Waals surface area contributed by atoms with Crippen LogP contribution in [0.3, 0.4) is 0 Å². The molecule has 1 aliphatic rings. The summed E-state index contributed by atoms with van der Waals surface area (Å²) in [7, 11) is 0. The van der Waals surface area contributed by atoms with Crippen molar-refractivity contribution in [1.82, 2.24) is 10.6 Å². The van der Waals surface area contributed by atoms with Gasteiger partial charge in [-0.1, -0.05) is 37.3 Å². The summed E-state index contributed by atoms with van der Waals surface area (Å²) >= 11 is 0. The molecule has 0 saturated carbocycles. The summed E-state index contributed by atoms with van der Waals surface area (Å²) < 4.78 is 12.9. The highest BCUT2D eigenvalue weighted by Crippen LogP contribution is 2.26. The predicted molar refractivity (Wildman–Crippen MR) is 103 cm³/mol. The number of hydrogen-bond donors (Lipinski definition) is 2.